The summed E-state index contributed by atoms with van der Waals surface area (Å²) in [7, 11) is -0.417. The van der Waals surface area contributed by atoms with Gasteiger partial charge in [0.15, 0.2) is 14.7 Å². The monoisotopic (exact) mass is 551 g/mol. The van der Waals surface area contributed by atoms with Gasteiger partial charge in [0.05, 0.1) is 16.5 Å². The van der Waals surface area contributed by atoms with Crippen molar-refractivity contribution < 1.29 is 52.7 Å². The van der Waals surface area contributed by atoms with E-state index in [0.29, 0.717) is 0 Å². The van der Waals surface area contributed by atoms with Crippen LogP contribution in [0, 0.1) is 0 Å². The number of hydrogen-bond acceptors (Lipinski definition) is 0. The van der Waals surface area contributed by atoms with E-state index in [0.717, 1.165) is 26.8 Å². The quantitative estimate of drug-likeness (QED) is 0.220. The summed E-state index contributed by atoms with van der Waals surface area (Å²) in [5.74, 6) is -13.1. The molecule has 0 saturated carbocycles. The Balaban J connectivity index is 0.000000302. The average Bonchev–Trinajstić information content (AvgIpc) is 2.80. The molecule has 3 rings (SSSR count). The van der Waals surface area contributed by atoms with Crippen molar-refractivity contribution in [1.82, 2.24) is 0 Å². The lowest BCUT2D eigenvalue weighted by Crippen LogP contribution is -2.55. The first-order chi connectivity index (χ1) is 16.5. The minimum Gasteiger partial charge on any atom is -0.203 e. The van der Waals surface area contributed by atoms with Gasteiger partial charge < -0.3 is 0 Å². The van der Waals surface area contributed by atoms with Gasteiger partial charge in [-0.3, -0.25) is 0 Å². The maximum Gasteiger partial charge on any atom is 0.460 e. The molecule has 0 amide bonds. The molecule has 0 saturated heterocycles. The lowest BCUT2D eigenvalue weighted by atomic mass is 10.2. The molecule has 0 heterocycles. The van der Waals surface area contributed by atoms with Crippen LogP contribution in [-0.2, 0) is 17.1 Å². The first-order valence-electron chi connectivity index (χ1n) is 9.62. The zero-order valence-electron chi connectivity index (χ0n) is 17.6. The maximum atomic E-state index is 12.8. The normalized spacial score (nSPS) is 12.9. The van der Waals surface area contributed by atoms with Gasteiger partial charge in [0, 0.05) is 0 Å². The predicted molar refractivity (Wildman–Crippen MR) is 108 cm³/mol. The molecular formula is C23H15F12S+. The second kappa shape index (κ2) is 11.1. The van der Waals surface area contributed by atoms with E-state index in [1.165, 1.54) is 0 Å². The molecule has 3 aromatic rings. The molecule has 0 aromatic heterocycles. The lowest BCUT2D eigenvalue weighted by Gasteiger charge is -2.27. The average molecular weight is 551 g/mol. The van der Waals surface area contributed by atoms with Crippen molar-refractivity contribution in [2.24, 2.45) is 0 Å². The summed E-state index contributed by atoms with van der Waals surface area (Å²) < 4.78 is 140. The van der Waals surface area contributed by atoms with Gasteiger partial charge in [0.25, 0.3) is 0 Å². The summed E-state index contributed by atoms with van der Waals surface area (Å²) in [5, 5.41) is 0. The number of hydrogen-bond donors (Lipinski definition) is 0. The Bertz CT molecular complexity index is 1040. The van der Waals surface area contributed by atoms with E-state index >= 15 is 0 Å². The fourth-order valence-electron chi connectivity index (χ4n) is 2.63. The number of benzene rings is 3. The summed E-state index contributed by atoms with van der Waals surface area (Å²) in [6, 6.07) is 25.1. The largest absolute Gasteiger partial charge is 0.460 e. The Kier molecular flexibility index (Phi) is 9.03. The van der Waals surface area contributed by atoms with Gasteiger partial charge >= 0.3 is 30.6 Å². The van der Waals surface area contributed by atoms with E-state index in [1.54, 1.807) is 12.1 Å². The summed E-state index contributed by atoms with van der Waals surface area (Å²) in [6.07, 6.45) is -16.1. The van der Waals surface area contributed by atoms with Crippen LogP contribution in [-0.4, -0.2) is 24.4 Å². The highest BCUT2D eigenvalue weighted by Crippen LogP contribution is 2.49. The molecule has 36 heavy (non-hydrogen) atoms. The highest BCUT2D eigenvalue weighted by molar-refractivity contribution is 7.97. The molecule has 0 aliphatic carbocycles. The van der Waals surface area contributed by atoms with Gasteiger partial charge in [-0.25, -0.2) is 8.78 Å². The van der Waals surface area contributed by atoms with Crippen molar-refractivity contribution >= 4 is 10.9 Å². The molecule has 196 valence electrons. The van der Waals surface area contributed by atoms with Crippen molar-refractivity contribution in [2.75, 3.05) is 0 Å². The fourth-order valence-corrected chi connectivity index (χ4v) is 4.71. The van der Waals surface area contributed by atoms with Crippen LogP contribution in [0.3, 0.4) is 0 Å². The third kappa shape index (κ3) is 6.68. The van der Waals surface area contributed by atoms with Crippen LogP contribution in [0.1, 0.15) is 5.56 Å². The predicted octanol–water partition coefficient (Wildman–Crippen LogP) is 8.89. The van der Waals surface area contributed by atoms with Crippen LogP contribution < -0.4 is 0 Å². The van der Waals surface area contributed by atoms with Gasteiger partial charge in [-0.1, -0.05) is 36.4 Å². The van der Waals surface area contributed by atoms with E-state index in [1.807, 2.05) is 60.7 Å². The van der Waals surface area contributed by atoms with Crippen LogP contribution in [0.5, 0.6) is 0 Å². The highest BCUT2D eigenvalue weighted by atomic mass is 32.2. The number of rotatable bonds is 5. The van der Waals surface area contributed by atoms with Crippen LogP contribution in [0.4, 0.5) is 52.7 Å². The first-order valence-corrected chi connectivity index (χ1v) is 10.8. The summed E-state index contributed by atoms with van der Waals surface area (Å²) in [4.78, 5) is 3.03. The van der Waals surface area contributed by atoms with Crippen molar-refractivity contribution in [1.29, 1.82) is 0 Å². The minimum atomic E-state index is -6.73. The Hall–Kier alpha value is -2.83. The third-order valence-corrected chi connectivity index (χ3v) is 6.65. The molecule has 0 unspecified atom stereocenters. The molecule has 0 atom stereocenters. The molecular weight excluding hydrogens is 536 g/mol. The smallest absolute Gasteiger partial charge is 0.203 e. The third-order valence-electron chi connectivity index (χ3n) is 4.42. The Morgan fingerprint density at radius 2 is 0.861 bits per heavy atom. The molecule has 0 fully saturated rings. The van der Waals surface area contributed by atoms with Crippen molar-refractivity contribution in [3.63, 3.8) is 0 Å². The minimum absolute atomic E-state index is 0.417. The zero-order valence-corrected chi connectivity index (χ0v) is 18.4. The molecule has 3 aromatic carbocycles. The molecule has 0 aliphatic heterocycles. The van der Waals surface area contributed by atoms with Gasteiger partial charge in [-0.15, -0.1) is 0 Å². The van der Waals surface area contributed by atoms with Crippen molar-refractivity contribution in [3.8, 4) is 0 Å². The standard InChI is InChI=1S/C19H14F3S.C4HF9/c20-19(21,22)15-11-13-18(14-12-15)23(16-7-3-1-4-8-16)17-9-5-2-6-10-17;5-1(6)2(7,8)3(9,10)4(11,12)13/h1-14H;1H/q+1;. The molecule has 0 N–H and O–H groups in total. The summed E-state index contributed by atoms with van der Waals surface area (Å²) >= 11 is 0. The van der Waals surface area contributed by atoms with Gasteiger partial charge in [-0.05, 0) is 48.5 Å². The van der Waals surface area contributed by atoms with E-state index in [9.17, 15) is 52.7 Å². The van der Waals surface area contributed by atoms with E-state index in [4.69, 9.17) is 0 Å². The van der Waals surface area contributed by atoms with E-state index in [-0.39, 0.29) is 0 Å². The van der Waals surface area contributed by atoms with Crippen LogP contribution in [0.25, 0.3) is 0 Å². The van der Waals surface area contributed by atoms with Crippen molar-refractivity contribution in [2.45, 2.75) is 45.3 Å². The van der Waals surface area contributed by atoms with E-state index in [2.05, 4.69) is 0 Å². The highest BCUT2D eigenvalue weighted by Gasteiger charge is 2.76. The molecule has 0 nitrogen and oxygen atoms in total. The maximum absolute atomic E-state index is 12.8. The Morgan fingerprint density at radius 1 is 0.500 bits per heavy atom. The Labute approximate surface area is 199 Å². The van der Waals surface area contributed by atoms with Crippen LogP contribution >= 0.6 is 0 Å². The van der Waals surface area contributed by atoms with Crippen molar-refractivity contribution in [3.05, 3.63) is 90.5 Å². The summed E-state index contributed by atoms with van der Waals surface area (Å²) in [5.41, 5.74) is -0.620. The Morgan fingerprint density at radius 3 is 1.14 bits per heavy atom. The van der Waals surface area contributed by atoms with Gasteiger partial charge in [0.2, 0.25) is 0 Å². The van der Waals surface area contributed by atoms with Crippen LogP contribution in [0.15, 0.2) is 99.6 Å². The second-order valence-corrected chi connectivity index (χ2v) is 8.98. The molecule has 0 bridgehead atoms. The van der Waals surface area contributed by atoms with Crippen LogP contribution in [0.2, 0.25) is 0 Å². The molecule has 0 radical (unpaired) electrons. The first kappa shape index (κ1) is 29.4. The van der Waals surface area contributed by atoms with Gasteiger partial charge in [0.1, 0.15) is 0 Å². The van der Waals surface area contributed by atoms with E-state index < -0.39 is 47.1 Å². The second-order valence-electron chi connectivity index (χ2n) is 6.95. The number of halogens is 12. The number of alkyl halides is 12. The van der Waals surface area contributed by atoms with Gasteiger partial charge in [-0.2, -0.15) is 43.9 Å². The lowest BCUT2D eigenvalue weighted by molar-refractivity contribution is -0.375. The zero-order chi connectivity index (χ0) is 27.4. The molecule has 13 heteroatoms. The SMILES string of the molecule is FC(F)(F)c1ccc([S+](c2ccccc2)c2ccccc2)cc1.FC(F)C(F)(F)C(F)(F)C(F)(F)F. The fraction of sp³-hybridized carbons (Fsp3) is 0.217. The topological polar surface area (TPSA) is 0 Å². The molecule has 0 aliphatic rings. The molecule has 0 spiro atoms. The summed E-state index contributed by atoms with van der Waals surface area (Å²) in [6.45, 7) is 0.